The van der Waals surface area contributed by atoms with Gasteiger partial charge in [0, 0.05) is 37.7 Å². The number of aromatic nitrogens is 1. The summed E-state index contributed by atoms with van der Waals surface area (Å²) in [6.07, 6.45) is 3.66. The van der Waals surface area contributed by atoms with Crippen molar-refractivity contribution >= 4 is 5.69 Å². The van der Waals surface area contributed by atoms with E-state index in [9.17, 15) is 0 Å². The second kappa shape index (κ2) is 3.38. The van der Waals surface area contributed by atoms with Gasteiger partial charge in [0.2, 0.25) is 0 Å². The van der Waals surface area contributed by atoms with Crippen LogP contribution in [0.25, 0.3) is 0 Å². The van der Waals surface area contributed by atoms with Gasteiger partial charge in [-0.3, -0.25) is 4.98 Å². The third kappa shape index (κ3) is 1.36. The van der Waals surface area contributed by atoms with Crippen LogP contribution in [0.3, 0.4) is 0 Å². The smallest absolute Gasteiger partial charge is 0.139 e. The molecule has 3 heterocycles. The van der Waals surface area contributed by atoms with Crippen LogP contribution in [0.5, 0.6) is 5.75 Å². The molecular weight excluding hydrogens is 190 g/mol. The zero-order chi connectivity index (χ0) is 10.3. The molecule has 2 aliphatic rings. The maximum atomic E-state index is 5.18. The van der Waals surface area contributed by atoms with Crippen LogP contribution < -0.4 is 15.0 Å². The molecule has 0 aromatic carbocycles. The Morgan fingerprint density at radius 1 is 1.47 bits per heavy atom. The highest BCUT2D eigenvalue weighted by Gasteiger charge is 2.42. The van der Waals surface area contributed by atoms with Gasteiger partial charge in [0.25, 0.3) is 0 Å². The van der Waals surface area contributed by atoms with Crippen LogP contribution in [-0.2, 0) is 0 Å². The summed E-state index contributed by atoms with van der Waals surface area (Å²) >= 11 is 0. The van der Waals surface area contributed by atoms with Crippen molar-refractivity contribution < 1.29 is 4.74 Å². The van der Waals surface area contributed by atoms with Crippen molar-refractivity contribution in [3.63, 3.8) is 0 Å². The van der Waals surface area contributed by atoms with Crippen molar-refractivity contribution in [1.29, 1.82) is 0 Å². The minimum Gasteiger partial charge on any atom is -0.495 e. The van der Waals surface area contributed by atoms with Crippen LogP contribution in [0.2, 0.25) is 0 Å². The molecule has 2 aliphatic heterocycles. The van der Waals surface area contributed by atoms with Gasteiger partial charge >= 0.3 is 0 Å². The fourth-order valence-electron chi connectivity index (χ4n) is 2.49. The number of methoxy groups -OCH3 is 1. The predicted molar refractivity (Wildman–Crippen MR) is 58.3 cm³/mol. The van der Waals surface area contributed by atoms with Crippen molar-refractivity contribution in [2.45, 2.75) is 6.04 Å². The second-order valence-corrected chi connectivity index (χ2v) is 4.22. The number of hydrogen-bond donors (Lipinski definition) is 1. The van der Waals surface area contributed by atoms with E-state index >= 15 is 0 Å². The molecule has 2 atom stereocenters. The van der Waals surface area contributed by atoms with Crippen LogP contribution >= 0.6 is 0 Å². The number of pyridine rings is 1. The lowest BCUT2D eigenvalue weighted by atomic mass is 9.91. The highest BCUT2D eigenvalue weighted by Crippen LogP contribution is 2.33. The third-order valence-corrected chi connectivity index (χ3v) is 3.40. The van der Waals surface area contributed by atoms with Crippen molar-refractivity contribution in [2.75, 3.05) is 31.6 Å². The molecule has 80 valence electrons. The Hall–Kier alpha value is -1.29. The Bertz CT molecular complexity index is 369. The Morgan fingerprint density at radius 3 is 3.20 bits per heavy atom. The normalized spacial score (nSPS) is 28.5. The molecule has 0 radical (unpaired) electrons. The number of fused-ring (bicyclic) bond motifs is 1. The molecule has 3 rings (SSSR count). The first-order chi connectivity index (χ1) is 7.38. The molecule has 0 bridgehead atoms. The fraction of sp³-hybridized carbons (Fsp3) is 0.545. The van der Waals surface area contributed by atoms with Crippen molar-refractivity contribution in [2.24, 2.45) is 5.92 Å². The van der Waals surface area contributed by atoms with E-state index in [1.165, 1.54) is 12.2 Å². The van der Waals surface area contributed by atoms with Crippen LogP contribution in [0, 0.1) is 5.92 Å². The maximum Gasteiger partial charge on any atom is 0.139 e. The molecule has 4 heteroatoms. The van der Waals surface area contributed by atoms with Gasteiger partial charge < -0.3 is 15.0 Å². The fourth-order valence-corrected chi connectivity index (χ4v) is 2.49. The molecule has 4 nitrogen and oxygen atoms in total. The Kier molecular flexibility index (Phi) is 2.02. The lowest BCUT2D eigenvalue weighted by molar-refractivity contribution is 0.363. The molecule has 0 amide bonds. The zero-order valence-corrected chi connectivity index (χ0v) is 8.81. The monoisotopic (exact) mass is 205 g/mol. The van der Waals surface area contributed by atoms with Gasteiger partial charge in [0.15, 0.2) is 0 Å². The molecule has 0 aliphatic carbocycles. The first-order valence-corrected chi connectivity index (χ1v) is 5.35. The molecule has 15 heavy (non-hydrogen) atoms. The van der Waals surface area contributed by atoms with E-state index in [-0.39, 0.29) is 0 Å². The summed E-state index contributed by atoms with van der Waals surface area (Å²) in [5.41, 5.74) is 1.18. The molecule has 0 saturated carbocycles. The van der Waals surface area contributed by atoms with Crippen molar-refractivity contribution in [1.82, 2.24) is 10.3 Å². The second-order valence-electron chi connectivity index (χ2n) is 4.22. The number of rotatable bonds is 2. The highest BCUT2D eigenvalue weighted by molar-refractivity contribution is 5.52. The predicted octanol–water partition coefficient (Wildman–Crippen LogP) is 0.498. The molecule has 2 saturated heterocycles. The van der Waals surface area contributed by atoms with Crippen molar-refractivity contribution in [3.05, 3.63) is 18.5 Å². The Labute approximate surface area is 89.3 Å². The Morgan fingerprint density at radius 2 is 2.40 bits per heavy atom. The average Bonchev–Trinajstić information content (AvgIpc) is 2.61. The number of anilines is 1. The van der Waals surface area contributed by atoms with E-state index in [2.05, 4.69) is 21.3 Å². The molecule has 0 unspecified atom stereocenters. The van der Waals surface area contributed by atoms with E-state index < -0.39 is 0 Å². The van der Waals surface area contributed by atoms with Gasteiger partial charge in [-0.2, -0.15) is 0 Å². The first-order valence-electron chi connectivity index (χ1n) is 5.35. The molecular formula is C11H15N3O. The summed E-state index contributed by atoms with van der Waals surface area (Å²) in [7, 11) is 1.68. The number of nitrogens with one attached hydrogen (secondary N) is 1. The SMILES string of the molecule is COc1cncc(N2C[C@H]3CNC[C@H]32)c1. The van der Waals surface area contributed by atoms with Crippen LogP contribution in [0.4, 0.5) is 5.69 Å². The minimum absolute atomic E-state index is 0.666. The molecule has 2 fully saturated rings. The summed E-state index contributed by atoms with van der Waals surface area (Å²) in [6.45, 7) is 3.41. The summed E-state index contributed by atoms with van der Waals surface area (Å²) in [4.78, 5) is 6.59. The van der Waals surface area contributed by atoms with Crippen LogP contribution in [-0.4, -0.2) is 37.8 Å². The zero-order valence-electron chi connectivity index (χ0n) is 8.81. The van der Waals surface area contributed by atoms with E-state index in [0.29, 0.717) is 6.04 Å². The first kappa shape index (κ1) is 8.97. The highest BCUT2D eigenvalue weighted by atomic mass is 16.5. The van der Waals surface area contributed by atoms with Crippen LogP contribution in [0.1, 0.15) is 0 Å². The summed E-state index contributed by atoms with van der Waals surface area (Å²) in [5, 5.41) is 3.42. The lowest BCUT2D eigenvalue weighted by Gasteiger charge is -2.45. The lowest BCUT2D eigenvalue weighted by Crippen LogP contribution is -2.55. The number of hydrogen-bond acceptors (Lipinski definition) is 4. The quantitative estimate of drug-likeness (QED) is 0.763. The molecule has 0 spiro atoms. The van der Waals surface area contributed by atoms with Crippen LogP contribution in [0.15, 0.2) is 18.5 Å². The van der Waals surface area contributed by atoms with Crippen molar-refractivity contribution in [3.8, 4) is 5.75 Å². The van der Waals surface area contributed by atoms with E-state index in [4.69, 9.17) is 4.74 Å². The third-order valence-electron chi connectivity index (χ3n) is 3.40. The van der Waals surface area contributed by atoms with E-state index in [0.717, 1.165) is 24.8 Å². The standard InChI is InChI=1S/C11H15N3O/c1-15-10-2-9(4-13-5-10)14-7-8-3-12-6-11(8)14/h2,4-5,8,11-12H,3,6-7H2,1H3/t8-,11-/m1/s1. The number of ether oxygens (including phenoxy) is 1. The maximum absolute atomic E-state index is 5.18. The van der Waals surface area contributed by atoms with Gasteiger partial charge in [-0.1, -0.05) is 0 Å². The summed E-state index contributed by atoms with van der Waals surface area (Å²) in [5.74, 6) is 1.66. The number of nitrogens with zero attached hydrogens (tertiary/aromatic N) is 2. The largest absolute Gasteiger partial charge is 0.495 e. The van der Waals surface area contributed by atoms with Gasteiger partial charge in [-0.15, -0.1) is 0 Å². The van der Waals surface area contributed by atoms with E-state index in [1.54, 1.807) is 13.3 Å². The average molecular weight is 205 g/mol. The summed E-state index contributed by atoms with van der Waals surface area (Å²) in [6, 6.07) is 2.72. The summed E-state index contributed by atoms with van der Waals surface area (Å²) < 4.78 is 5.18. The molecule has 1 aromatic heterocycles. The van der Waals surface area contributed by atoms with Gasteiger partial charge in [-0.25, -0.2) is 0 Å². The molecule has 1 N–H and O–H groups in total. The molecule has 1 aromatic rings. The Balaban J connectivity index is 1.81. The minimum atomic E-state index is 0.666. The van der Waals surface area contributed by atoms with Gasteiger partial charge in [0.05, 0.1) is 25.2 Å². The van der Waals surface area contributed by atoms with E-state index in [1.807, 2.05) is 6.20 Å². The topological polar surface area (TPSA) is 37.4 Å². The van der Waals surface area contributed by atoms with Gasteiger partial charge in [-0.05, 0) is 0 Å². The van der Waals surface area contributed by atoms with Gasteiger partial charge in [0.1, 0.15) is 5.75 Å².